The van der Waals surface area contributed by atoms with Gasteiger partial charge in [0.15, 0.2) is 0 Å². The van der Waals surface area contributed by atoms with Gasteiger partial charge in [-0.25, -0.2) is 0 Å². The maximum absolute atomic E-state index is 12.4. The summed E-state index contributed by atoms with van der Waals surface area (Å²) in [5, 5.41) is 0. The second kappa shape index (κ2) is 10.9. The van der Waals surface area contributed by atoms with E-state index in [1.807, 2.05) is 13.8 Å². The molecule has 0 saturated carbocycles. The fourth-order valence-corrected chi connectivity index (χ4v) is 4.48. The van der Waals surface area contributed by atoms with Crippen LogP contribution in [0.15, 0.2) is 0 Å². The molecule has 0 heterocycles. The summed E-state index contributed by atoms with van der Waals surface area (Å²) in [6.07, 6.45) is 11.0. The topological polar surface area (TPSA) is 40.1 Å². The molecule has 0 radical (unpaired) electrons. The predicted octanol–water partition coefficient (Wildman–Crippen LogP) is 5.34. The summed E-state index contributed by atoms with van der Waals surface area (Å²) < 4.78 is 12.4. The number of hydrogen-bond donors (Lipinski definition) is 0. The molecule has 0 bridgehead atoms. The Hall–Kier alpha value is 0.190. The normalized spacial score (nSPS) is 17.9. The molecule has 0 N–H and O–H groups in total. The van der Waals surface area contributed by atoms with Crippen molar-refractivity contribution in [3.8, 4) is 0 Å². The Morgan fingerprint density at radius 1 is 0.789 bits per heavy atom. The number of hydrogen-bond acceptors (Lipinski definition) is 2. The lowest BCUT2D eigenvalue weighted by Gasteiger charge is -2.36. The molecule has 0 fully saturated rings. The van der Waals surface area contributed by atoms with Crippen LogP contribution in [-0.2, 0) is 4.57 Å². The minimum Gasteiger partial charge on any atom is -0.799 e. The summed E-state index contributed by atoms with van der Waals surface area (Å²) in [6, 6.07) is 0. The van der Waals surface area contributed by atoms with Crippen molar-refractivity contribution in [1.82, 2.24) is 0 Å². The number of rotatable bonds is 12. The van der Waals surface area contributed by atoms with Crippen molar-refractivity contribution in [2.24, 2.45) is 0 Å². The van der Waals surface area contributed by atoms with Gasteiger partial charge in [0.1, 0.15) is 0 Å². The molecule has 0 rings (SSSR count). The van der Waals surface area contributed by atoms with Gasteiger partial charge in [0.05, 0.1) is 0 Å². The predicted molar refractivity (Wildman–Crippen MR) is 84.0 cm³/mol. The molecule has 19 heavy (non-hydrogen) atoms. The van der Waals surface area contributed by atoms with E-state index < -0.39 is 7.37 Å². The van der Waals surface area contributed by atoms with Gasteiger partial charge in [0.2, 0.25) is 0 Å². The third-order valence-electron chi connectivity index (χ3n) is 4.18. The van der Waals surface area contributed by atoms with Crippen LogP contribution in [0.1, 0.15) is 91.9 Å². The molecule has 2 nitrogen and oxygen atoms in total. The van der Waals surface area contributed by atoms with Crippen molar-refractivity contribution in [2.45, 2.75) is 103 Å². The molecule has 0 aromatic carbocycles. The molecule has 2 unspecified atom stereocenters. The molecule has 0 spiro atoms. The molecule has 0 aliphatic heterocycles. The first kappa shape index (κ1) is 19.2. The maximum Gasteiger partial charge on any atom is 0.0202 e. The van der Waals surface area contributed by atoms with Gasteiger partial charge < -0.3 is 9.46 Å². The van der Waals surface area contributed by atoms with Crippen LogP contribution in [0, 0.1) is 0 Å². The van der Waals surface area contributed by atoms with E-state index in [4.69, 9.17) is 0 Å². The third kappa shape index (κ3) is 8.15. The van der Waals surface area contributed by atoms with E-state index in [2.05, 4.69) is 13.8 Å². The zero-order chi connectivity index (χ0) is 14.7. The lowest BCUT2D eigenvalue weighted by atomic mass is 10.1. The van der Waals surface area contributed by atoms with Crippen molar-refractivity contribution >= 4 is 7.37 Å². The van der Waals surface area contributed by atoms with E-state index in [1.165, 1.54) is 38.5 Å². The molecule has 0 amide bonds. The van der Waals surface area contributed by atoms with Crippen molar-refractivity contribution in [1.29, 1.82) is 0 Å². The Bertz CT molecular complexity index is 231. The third-order valence-corrected chi connectivity index (χ3v) is 7.15. The highest BCUT2D eigenvalue weighted by molar-refractivity contribution is 7.58. The fraction of sp³-hybridized carbons (Fsp3) is 1.00. The molecule has 0 aliphatic rings. The molecule has 0 aromatic heterocycles. The summed E-state index contributed by atoms with van der Waals surface area (Å²) in [6.45, 7) is 8.17. The van der Waals surface area contributed by atoms with Crippen LogP contribution < -0.4 is 4.89 Å². The maximum atomic E-state index is 12.4. The Morgan fingerprint density at radius 3 is 1.47 bits per heavy atom. The first-order valence-corrected chi connectivity index (χ1v) is 10.0. The summed E-state index contributed by atoms with van der Waals surface area (Å²) in [5.41, 5.74) is -0.268. The Labute approximate surface area is 120 Å². The van der Waals surface area contributed by atoms with Crippen LogP contribution in [0.25, 0.3) is 0 Å². The van der Waals surface area contributed by atoms with Crippen molar-refractivity contribution in [2.75, 3.05) is 0 Å². The van der Waals surface area contributed by atoms with Gasteiger partial charge in [-0.15, -0.1) is 0 Å². The van der Waals surface area contributed by atoms with Crippen LogP contribution in [-0.4, -0.2) is 11.3 Å². The first-order chi connectivity index (χ1) is 8.96. The second-order valence-corrected chi connectivity index (χ2v) is 9.10. The average Bonchev–Trinajstić information content (AvgIpc) is 2.39. The van der Waals surface area contributed by atoms with Crippen LogP contribution in [0.4, 0.5) is 0 Å². The molecule has 3 heteroatoms. The van der Waals surface area contributed by atoms with E-state index in [0.717, 1.165) is 25.7 Å². The average molecular weight is 289 g/mol. The van der Waals surface area contributed by atoms with Crippen LogP contribution in [0.5, 0.6) is 0 Å². The monoisotopic (exact) mass is 289 g/mol. The van der Waals surface area contributed by atoms with Gasteiger partial charge in [-0.05, 0) is 24.2 Å². The molecule has 116 valence electrons. The van der Waals surface area contributed by atoms with E-state index in [0.29, 0.717) is 0 Å². The summed E-state index contributed by atoms with van der Waals surface area (Å²) >= 11 is 0. The van der Waals surface area contributed by atoms with Gasteiger partial charge in [-0.3, -0.25) is 0 Å². The van der Waals surface area contributed by atoms with Crippen molar-refractivity contribution < 1.29 is 9.46 Å². The van der Waals surface area contributed by atoms with E-state index in [1.54, 1.807) is 0 Å². The molecule has 0 aromatic rings. The summed E-state index contributed by atoms with van der Waals surface area (Å²) in [5.74, 6) is 0. The second-order valence-electron chi connectivity index (χ2n) is 6.04. The molecule has 0 saturated heterocycles. The SMILES string of the molecule is CCCCCCC(C)P(=O)([O-])C(C)CCCCCC. The molecule has 0 aliphatic carbocycles. The highest BCUT2D eigenvalue weighted by Gasteiger charge is 2.23. The molecular weight excluding hydrogens is 255 g/mol. The Kier molecular flexibility index (Phi) is 11.0. The van der Waals surface area contributed by atoms with Gasteiger partial charge in [-0.2, -0.15) is 0 Å². The lowest BCUT2D eigenvalue weighted by molar-refractivity contribution is -0.179. The van der Waals surface area contributed by atoms with Crippen LogP contribution in [0.3, 0.4) is 0 Å². The minimum absolute atomic E-state index is 0.134. The van der Waals surface area contributed by atoms with E-state index in [9.17, 15) is 9.46 Å². The van der Waals surface area contributed by atoms with Crippen LogP contribution >= 0.6 is 7.37 Å². The lowest BCUT2D eigenvalue weighted by Crippen LogP contribution is -2.23. The zero-order valence-corrected chi connectivity index (χ0v) is 14.4. The number of unbranched alkanes of at least 4 members (excludes halogenated alkanes) is 6. The highest BCUT2D eigenvalue weighted by atomic mass is 31.2. The van der Waals surface area contributed by atoms with E-state index >= 15 is 0 Å². The Morgan fingerprint density at radius 2 is 1.16 bits per heavy atom. The Balaban J connectivity index is 4.00. The summed E-state index contributed by atoms with van der Waals surface area (Å²) in [7, 11) is -3.22. The van der Waals surface area contributed by atoms with Crippen molar-refractivity contribution in [3.05, 3.63) is 0 Å². The summed E-state index contributed by atoms with van der Waals surface area (Å²) in [4.78, 5) is 12.4. The smallest absolute Gasteiger partial charge is 0.0202 e. The highest BCUT2D eigenvalue weighted by Crippen LogP contribution is 2.50. The molecule has 2 atom stereocenters. The van der Waals surface area contributed by atoms with Crippen molar-refractivity contribution in [3.63, 3.8) is 0 Å². The first-order valence-electron chi connectivity index (χ1n) is 8.27. The minimum atomic E-state index is -3.22. The quantitative estimate of drug-likeness (QED) is 0.359. The van der Waals surface area contributed by atoms with Gasteiger partial charge in [-0.1, -0.05) is 79.1 Å². The molecular formula is C16H34O2P-. The van der Waals surface area contributed by atoms with Crippen LogP contribution in [0.2, 0.25) is 0 Å². The fourth-order valence-electron chi connectivity index (χ4n) is 2.53. The standard InChI is InChI=1S/C16H35O2P/c1-5-7-9-11-13-15(3)19(17,18)16(4)14-12-10-8-6-2/h15-16H,5-14H2,1-4H3,(H,17,18)/p-1. The zero-order valence-electron chi connectivity index (χ0n) is 13.5. The van der Waals surface area contributed by atoms with Gasteiger partial charge >= 0.3 is 0 Å². The largest absolute Gasteiger partial charge is 0.799 e. The van der Waals surface area contributed by atoms with Gasteiger partial charge in [0.25, 0.3) is 0 Å². The van der Waals surface area contributed by atoms with E-state index in [-0.39, 0.29) is 11.3 Å². The van der Waals surface area contributed by atoms with Gasteiger partial charge in [0, 0.05) is 7.37 Å².